The van der Waals surface area contributed by atoms with Crippen molar-refractivity contribution in [3.05, 3.63) is 81.6 Å². The maximum absolute atomic E-state index is 12.6. The first-order chi connectivity index (χ1) is 14.0. The molecule has 6 heteroatoms. The van der Waals surface area contributed by atoms with Crippen LogP contribution in [0.2, 0.25) is 0 Å². The number of nitrogens with zero attached hydrogens (tertiary/aromatic N) is 1. The van der Waals surface area contributed by atoms with Crippen LogP contribution in [0.5, 0.6) is 0 Å². The lowest BCUT2D eigenvalue weighted by molar-refractivity contribution is 0.244. The fraction of sp³-hybridized carbons (Fsp3) is 0.304. The second-order valence-corrected chi connectivity index (χ2v) is 7.51. The molecule has 0 unspecified atom stereocenters. The number of aliphatic hydroxyl groups is 1. The number of fused-ring (bicyclic) bond motifs is 1. The number of hydrogen-bond donors (Lipinski definition) is 3. The predicted octanol–water partition coefficient (Wildman–Crippen LogP) is 3.52. The van der Waals surface area contributed by atoms with Gasteiger partial charge in [0.25, 0.3) is 5.56 Å². The van der Waals surface area contributed by atoms with Crippen LogP contribution in [0.25, 0.3) is 10.9 Å². The summed E-state index contributed by atoms with van der Waals surface area (Å²) in [7, 11) is 0. The van der Waals surface area contributed by atoms with Crippen molar-refractivity contribution in [3.63, 3.8) is 0 Å². The van der Waals surface area contributed by atoms with Crippen molar-refractivity contribution in [3.8, 4) is 0 Å². The quantitative estimate of drug-likeness (QED) is 0.521. The molecule has 3 rings (SSSR count). The van der Waals surface area contributed by atoms with Gasteiger partial charge in [0.2, 0.25) is 0 Å². The van der Waals surface area contributed by atoms with E-state index in [0.29, 0.717) is 23.8 Å². The minimum atomic E-state index is -0.136. The maximum Gasteiger partial charge on any atom is 0.253 e. The van der Waals surface area contributed by atoms with Gasteiger partial charge in [0.1, 0.15) is 0 Å². The molecule has 0 saturated carbocycles. The minimum absolute atomic E-state index is 0.0203. The van der Waals surface area contributed by atoms with Gasteiger partial charge in [-0.2, -0.15) is 0 Å². The number of thiocarbonyl (C=S) groups is 1. The molecule has 1 aromatic heterocycles. The number of aliphatic hydroxyl groups excluding tert-OH is 1. The minimum Gasteiger partial charge on any atom is -0.395 e. The average molecular weight is 410 g/mol. The molecule has 0 fully saturated rings. The van der Waals surface area contributed by atoms with E-state index in [-0.39, 0.29) is 18.2 Å². The lowest BCUT2D eigenvalue weighted by atomic mass is 10.1. The molecule has 1 heterocycles. The highest BCUT2D eigenvalue weighted by Gasteiger charge is 2.15. The van der Waals surface area contributed by atoms with Crippen LogP contribution in [-0.2, 0) is 13.0 Å². The van der Waals surface area contributed by atoms with E-state index in [1.165, 1.54) is 5.56 Å². The highest BCUT2D eigenvalue weighted by atomic mass is 32.1. The molecule has 0 aliphatic carbocycles. The monoisotopic (exact) mass is 409 g/mol. The van der Waals surface area contributed by atoms with Gasteiger partial charge >= 0.3 is 0 Å². The molecule has 0 bridgehead atoms. The van der Waals surface area contributed by atoms with E-state index in [1.807, 2.05) is 60.4 Å². The molecule has 0 aliphatic heterocycles. The van der Waals surface area contributed by atoms with E-state index in [9.17, 15) is 9.90 Å². The third-order valence-corrected chi connectivity index (χ3v) is 5.43. The Hall–Kier alpha value is -2.70. The normalized spacial score (nSPS) is 12.0. The Morgan fingerprint density at radius 1 is 1.21 bits per heavy atom. The van der Waals surface area contributed by atoms with Crippen LogP contribution >= 0.6 is 12.2 Å². The molecular formula is C23H27N3O2S. The van der Waals surface area contributed by atoms with Gasteiger partial charge in [-0.3, -0.25) is 4.79 Å². The number of pyridine rings is 1. The summed E-state index contributed by atoms with van der Waals surface area (Å²) in [5, 5.41) is 14.3. The lowest BCUT2D eigenvalue weighted by Gasteiger charge is -2.27. The van der Waals surface area contributed by atoms with Crippen LogP contribution in [0.4, 0.5) is 0 Å². The highest BCUT2D eigenvalue weighted by molar-refractivity contribution is 7.80. The zero-order valence-corrected chi connectivity index (χ0v) is 17.6. The van der Waals surface area contributed by atoms with Gasteiger partial charge in [0.05, 0.1) is 19.2 Å². The Labute approximate surface area is 176 Å². The van der Waals surface area contributed by atoms with Crippen LogP contribution in [0, 0.1) is 0 Å². The van der Waals surface area contributed by atoms with Crippen molar-refractivity contribution in [2.75, 3.05) is 13.2 Å². The van der Waals surface area contributed by atoms with Crippen LogP contribution < -0.4 is 10.9 Å². The van der Waals surface area contributed by atoms with Crippen molar-refractivity contribution in [2.45, 2.75) is 32.9 Å². The first-order valence-electron chi connectivity index (χ1n) is 9.88. The summed E-state index contributed by atoms with van der Waals surface area (Å²) in [5.41, 5.74) is 3.65. The fourth-order valence-electron chi connectivity index (χ4n) is 3.32. The molecule has 1 atom stereocenters. The molecule has 3 aromatic rings. The zero-order valence-electron chi connectivity index (χ0n) is 16.8. The lowest BCUT2D eigenvalue weighted by Crippen LogP contribution is -2.42. The molecule has 0 aliphatic rings. The van der Waals surface area contributed by atoms with Crippen LogP contribution in [0.3, 0.4) is 0 Å². The van der Waals surface area contributed by atoms with E-state index in [2.05, 4.69) is 23.3 Å². The van der Waals surface area contributed by atoms with E-state index in [4.69, 9.17) is 12.2 Å². The summed E-state index contributed by atoms with van der Waals surface area (Å²) in [6, 6.07) is 18.0. The summed E-state index contributed by atoms with van der Waals surface area (Å²) in [6.07, 6.45) is 0.937. The number of H-pyrrole nitrogens is 1. The number of benzene rings is 2. The molecular weight excluding hydrogens is 382 g/mol. The van der Waals surface area contributed by atoms with E-state index < -0.39 is 0 Å². The SMILES string of the molecule is CCc1ccc2[nH]c(=O)c(CN(CCO)C(=S)N[C@H](C)c3ccccc3)cc2c1. The van der Waals surface area contributed by atoms with Gasteiger partial charge in [0.15, 0.2) is 5.11 Å². The van der Waals surface area contributed by atoms with E-state index in [1.54, 1.807) is 0 Å². The van der Waals surface area contributed by atoms with Crippen LogP contribution in [0.15, 0.2) is 59.4 Å². The Kier molecular flexibility index (Phi) is 7.01. The third-order valence-electron chi connectivity index (χ3n) is 5.05. The zero-order chi connectivity index (χ0) is 20.8. The Morgan fingerprint density at radius 3 is 2.66 bits per heavy atom. The van der Waals surface area contributed by atoms with Gasteiger partial charge < -0.3 is 20.3 Å². The summed E-state index contributed by atoms with van der Waals surface area (Å²) in [5.74, 6) is 0. The first kappa shape index (κ1) is 21.0. The van der Waals surface area contributed by atoms with Crippen molar-refractivity contribution >= 4 is 28.2 Å². The van der Waals surface area contributed by atoms with Crippen molar-refractivity contribution < 1.29 is 5.11 Å². The third kappa shape index (κ3) is 5.22. The molecule has 29 heavy (non-hydrogen) atoms. The summed E-state index contributed by atoms with van der Waals surface area (Å²) in [6.45, 7) is 4.77. The van der Waals surface area contributed by atoms with Gasteiger partial charge in [0, 0.05) is 17.6 Å². The Balaban J connectivity index is 1.81. The van der Waals surface area contributed by atoms with Crippen molar-refractivity contribution in [2.24, 2.45) is 0 Å². The number of rotatable bonds is 7. The largest absolute Gasteiger partial charge is 0.395 e. The first-order valence-corrected chi connectivity index (χ1v) is 10.3. The smallest absolute Gasteiger partial charge is 0.253 e. The van der Waals surface area contributed by atoms with Gasteiger partial charge in [-0.1, -0.05) is 43.3 Å². The molecule has 2 aromatic carbocycles. The number of hydrogen-bond acceptors (Lipinski definition) is 3. The highest BCUT2D eigenvalue weighted by Crippen LogP contribution is 2.16. The Morgan fingerprint density at radius 2 is 1.97 bits per heavy atom. The molecule has 0 saturated heterocycles. The maximum atomic E-state index is 12.6. The molecule has 152 valence electrons. The second-order valence-electron chi connectivity index (χ2n) is 7.13. The molecule has 3 N–H and O–H groups in total. The van der Waals surface area contributed by atoms with E-state index >= 15 is 0 Å². The second kappa shape index (κ2) is 9.67. The van der Waals surface area contributed by atoms with Gasteiger partial charge in [-0.05, 0) is 60.3 Å². The Bertz CT molecular complexity index is 1030. The number of aryl methyl sites for hydroxylation is 1. The van der Waals surface area contributed by atoms with Crippen LogP contribution in [0.1, 0.15) is 36.6 Å². The molecule has 0 radical (unpaired) electrons. The number of aromatic nitrogens is 1. The van der Waals surface area contributed by atoms with Gasteiger partial charge in [-0.25, -0.2) is 0 Å². The average Bonchev–Trinajstić information content (AvgIpc) is 2.74. The summed E-state index contributed by atoms with van der Waals surface area (Å²) in [4.78, 5) is 17.4. The van der Waals surface area contributed by atoms with Crippen molar-refractivity contribution in [1.82, 2.24) is 15.2 Å². The fourth-order valence-corrected chi connectivity index (χ4v) is 3.65. The van der Waals surface area contributed by atoms with E-state index in [0.717, 1.165) is 22.9 Å². The molecule has 0 spiro atoms. The summed E-state index contributed by atoms with van der Waals surface area (Å²) >= 11 is 5.59. The topological polar surface area (TPSA) is 68.4 Å². The number of nitrogens with one attached hydrogen (secondary N) is 2. The molecule has 5 nitrogen and oxygen atoms in total. The predicted molar refractivity (Wildman–Crippen MR) is 122 cm³/mol. The summed E-state index contributed by atoms with van der Waals surface area (Å²) < 4.78 is 0. The standard InChI is InChI=1S/C23H27N3O2S/c1-3-17-9-10-21-19(13-17)14-20(22(28)25-21)15-26(11-12-27)23(29)24-16(2)18-7-5-4-6-8-18/h4-10,13-14,16,27H,3,11-12,15H2,1-2H3,(H,24,29)(H,25,28)/t16-/m1/s1. The molecule has 0 amide bonds. The van der Waals surface area contributed by atoms with Crippen LogP contribution in [-0.4, -0.2) is 33.3 Å². The van der Waals surface area contributed by atoms with Gasteiger partial charge in [-0.15, -0.1) is 0 Å². The van der Waals surface area contributed by atoms with Crippen molar-refractivity contribution in [1.29, 1.82) is 0 Å². The number of aromatic amines is 1.